The Bertz CT molecular complexity index is 4660. The van der Waals surface area contributed by atoms with E-state index in [-0.39, 0.29) is 55.4 Å². The summed E-state index contributed by atoms with van der Waals surface area (Å²) in [5, 5.41) is 3.77. The van der Waals surface area contributed by atoms with Crippen molar-refractivity contribution in [2.75, 3.05) is 9.80 Å². The van der Waals surface area contributed by atoms with E-state index in [0.29, 0.717) is 0 Å². The van der Waals surface area contributed by atoms with Gasteiger partial charge in [0.25, 0.3) is 6.71 Å². The first-order chi connectivity index (χ1) is 42.2. The van der Waals surface area contributed by atoms with E-state index in [1.165, 1.54) is 153 Å². The van der Waals surface area contributed by atoms with Crippen LogP contribution in [0.4, 0.5) is 34.1 Å². The van der Waals surface area contributed by atoms with Gasteiger partial charge in [0.1, 0.15) is 5.58 Å². The summed E-state index contributed by atoms with van der Waals surface area (Å²) in [7, 11) is 0. The van der Waals surface area contributed by atoms with Crippen molar-refractivity contribution < 1.29 is 4.42 Å². The molecule has 0 amide bonds. The highest BCUT2D eigenvalue weighted by Crippen LogP contribution is 2.63. The second-order valence-electron chi connectivity index (χ2n) is 35.4. The van der Waals surface area contributed by atoms with Crippen LogP contribution in [0.2, 0.25) is 0 Å². The van der Waals surface area contributed by atoms with Crippen LogP contribution in [0.25, 0.3) is 49.6 Å². The Morgan fingerprint density at radius 2 is 0.878 bits per heavy atom. The molecule has 2 aliphatic heterocycles. The standard InChI is InChI=1S/C85H94BN3O/c1-77(2,3)51-25-29-54(30-26-51)87-70-47-63-61(81(12,13)34-36-83(63,16)17)45-66(70)86-74-71(87)41-55(88-67-39-52(78(4,5)6)27-31-56(67)57-32-28-53(40-68(57)88)79(7,8)9)42-72(74)89(75-59-44-64-65(48-73(59)90-76(75)86)85(19)38-37-84(64,18)49-85)69-46-62-60(80(10,11)33-35-82(62,14)15)43-58(69)50-23-21-20-22-24-50/h20-32,39-48H,33-38,49H2,1-19H3. The zero-order chi connectivity index (χ0) is 63.3. The van der Waals surface area contributed by atoms with E-state index >= 15 is 0 Å². The molecule has 6 aliphatic rings. The molecule has 4 aliphatic carbocycles. The van der Waals surface area contributed by atoms with Crippen LogP contribution in [-0.4, -0.2) is 11.3 Å². The van der Waals surface area contributed by atoms with Gasteiger partial charge in [-0.1, -0.05) is 204 Å². The van der Waals surface area contributed by atoms with Crippen molar-refractivity contribution in [2.45, 2.75) is 225 Å². The predicted molar refractivity (Wildman–Crippen MR) is 385 cm³/mol. The lowest BCUT2D eigenvalue weighted by molar-refractivity contribution is 0.332. The predicted octanol–water partition coefficient (Wildman–Crippen LogP) is 21.6. The Hall–Kier alpha value is -7.24. The number of rotatable bonds is 4. The fourth-order valence-corrected chi connectivity index (χ4v) is 18.3. The van der Waals surface area contributed by atoms with Gasteiger partial charge in [-0.15, -0.1) is 0 Å². The average molecular weight is 1180 g/mol. The molecule has 10 aromatic rings. The normalized spacial score (nSPS) is 21.6. The van der Waals surface area contributed by atoms with Crippen molar-refractivity contribution in [3.8, 4) is 16.8 Å². The Balaban J connectivity index is 1.12. The van der Waals surface area contributed by atoms with Crippen molar-refractivity contribution in [3.63, 3.8) is 0 Å². The van der Waals surface area contributed by atoms with Crippen LogP contribution in [0, 0.1) is 0 Å². The van der Waals surface area contributed by atoms with E-state index < -0.39 is 0 Å². The van der Waals surface area contributed by atoms with Gasteiger partial charge in [0.2, 0.25) is 0 Å². The van der Waals surface area contributed by atoms with Gasteiger partial charge >= 0.3 is 0 Å². The Kier molecular flexibility index (Phi) is 11.8. The maximum Gasteiger partial charge on any atom is 0.297 e. The van der Waals surface area contributed by atoms with Crippen LogP contribution in [0.5, 0.6) is 0 Å². The number of nitrogens with zero attached hydrogens (tertiary/aromatic N) is 3. The van der Waals surface area contributed by atoms with Crippen LogP contribution in [0.3, 0.4) is 0 Å². The van der Waals surface area contributed by atoms with Crippen LogP contribution in [-0.2, 0) is 48.7 Å². The topological polar surface area (TPSA) is 24.6 Å². The summed E-state index contributed by atoms with van der Waals surface area (Å²) in [6.45, 7) is 46.0. The van der Waals surface area contributed by atoms with E-state index in [0.717, 1.165) is 42.6 Å². The fraction of sp³-hybridized carbons (Fsp3) is 0.412. The number of aromatic nitrogens is 1. The molecule has 2 aromatic heterocycles. The third-order valence-electron chi connectivity index (χ3n) is 24.1. The molecule has 4 heterocycles. The largest absolute Gasteiger partial charge is 0.468 e. The number of hydrogen-bond donors (Lipinski definition) is 0. The second kappa shape index (κ2) is 18.3. The molecule has 90 heavy (non-hydrogen) atoms. The molecule has 1 saturated carbocycles. The first-order valence-electron chi connectivity index (χ1n) is 34.2. The molecule has 458 valence electrons. The Morgan fingerprint density at radius 1 is 0.400 bits per heavy atom. The lowest BCUT2D eigenvalue weighted by atomic mass is 9.35. The monoisotopic (exact) mass is 1180 g/mol. The second-order valence-corrected chi connectivity index (χ2v) is 35.4. The quantitative estimate of drug-likeness (QED) is 0.164. The van der Waals surface area contributed by atoms with Crippen LogP contribution in [0.1, 0.15) is 227 Å². The van der Waals surface area contributed by atoms with Crippen LogP contribution < -0.4 is 26.4 Å². The summed E-state index contributed by atoms with van der Waals surface area (Å²) in [5.74, 6) is 0. The van der Waals surface area contributed by atoms with Crippen LogP contribution >= 0.6 is 0 Å². The van der Waals surface area contributed by atoms with Crippen LogP contribution in [0.15, 0.2) is 144 Å². The highest BCUT2D eigenvalue weighted by atomic mass is 16.3. The van der Waals surface area contributed by atoms with Crippen molar-refractivity contribution in [1.82, 2.24) is 4.57 Å². The molecule has 8 aromatic carbocycles. The summed E-state index contributed by atoms with van der Waals surface area (Å²) >= 11 is 0. The van der Waals surface area contributed by atoms with Gasteiger partial charge in [0.05, 0.1) is 33.8 Å². The summed E-state index contributed by atoms with van der Waals surface area (Å²) in [5.41, 5.74) is 30.7. The van der Waals surface area contributed by atoms with E-state index in [1.807, 2.05) is 0 Å². The Morgan fingerprint density at radius 3 is 1.41 bits per heavy atom. The summed E-state index contributed by atoms with van der Waals surface area (Å²) < 4.78 is 10.7. The maximum absolute atomic E-state index is 8.07. The Labute approximate surface area is 537 Å². The summed E-state index contributed by atoms with van der Waals surface area (Å²) in [6, 6.07) is 56.7. The van der Waals surface area contributed by atoms with E-state index in [4.69, 9.17) is 4.42 Å². The van der Waals surface area contributed by atoms with Gasteiger partial charge in [-0.3, -0.25) is 0 Å². The number of benzene rings is 8. The molecule has 2 bridgehead atoms. The molecule has 0 N–H and O–H groups in total. The third kappa shape index (κ3) is 8.24. The third-order valence-corrected chi connectivity index (χ3v) is 24.1. The van der Waals surface area contributed by atoms with Gasteiger partial charge in [-0.2, -0.15) is 0 Å². The lowest BCUT2D eigenvalue weighted by Gasteiger charge is -2.47. The maximum atomic E-state index is 8.07. The molecule has 4 nitrogen and oxygen atoms in total. The first kappa shape index (κ1) is 57.9. The lowest BCUT2D eigenvalue weighted by Crippen LogP contribution is -2.61. The van der Waals surface area contributed by atoms with Gasteiger partial charge in [-0.25, -0.2) is 0 Å². The highest BCUT2D eigenvalue weighted by Gasteiger charge is 2.55. The molecular formula is C85H94BN3O. The van der Waals surface area contributed by atoms with E-state index in [9.17, 15) is 0 Å². The minimum absolute atomic E-state index is 0.0134. The number of anilines is 6. The van der Waals surface area contributed by atoms with Crippen molar-refractivity contribution in [1.29, 1.82) is 0 Å². The van der Waals surface area contributed by atoms with Gasteiger partial charge < -0.3 is 18.8 Å². The molecule has 2 atom stereocenters. The highest BCUT2D eigenvalue weighted by molar-refractivity contribution is 7.00. The molecular weight excluding hydrogens is 1090 g/mol. The molecule has 0 saturated heterocycles. The zero-order valence-electron chi connectivity index (χ0n) is 57.6. The minimum Gasteiger partial charge on any atom is -0.468 e. The minimum atomic E-state index is -0.224. The van der Waals surface area contributed by atoms with Gasteiger partial charge in [0, 0.05) is 44.5 Å². The van der Waals surface area contributed by atoms with Crippen molar-refractivity contribution in [2.24, 2.45) is 0 Å². The smallest absolute Gasteiger partial charge is 0.297 e. The van der Waals surface area contributed by atoms with Crippen molar-refractivity contribution in [3.05, 3.63) is 190 Å². The zero-order valence-corrected chi connectivity index (χ0v) is 57.6. The number of hydrogen-bond acceptors (Lipinski definition) is 3. The molecule has 2 unspecified atom stereocenters. The van der Waals surface area contributed by atoms with Gasteiger partial charge in [-0.05, 0) is 227 Å². The molecule has 0 spiro atoms. The molecule has 0 radical (unpaired) electrons. The molecule has 5 heteroatoms. The number of furan rings is 1. The molecule has 16 rings (SSSR count). The fourth-order valence-electron chi connectivity index (χ4n) is 18.3. The van der Waals surface area contributed by atoms with E-state index in [1.54, 1.807) is 0 Å². The number of fused-ring (bicyclic) bond motifs is 16. The SMILES string of the molecule is CC(C)(C)c1ccc(N2c3cc4c(cc3B3c5oc6cc7c(cc6c5N(c5cc6c(cc5-c5ccccc5)C(C)(C)CCC6(C)C)c5cc(-n6c8cc(C(C)(C)C)ccc8c8ccc(C(C)(C)C)cc86)cc2c53)C2(C)CCC7(C)C2)C(C)(C)CCC4(C)C)cc1. The van der Waals surface area contributed by atoms with Crippen molar-refractivity contribution >= 4 is 90.2 Å². The summed E-state index contributed by atoms with van der Waals surface area (Å²) in [4.78, 5) is 5.47. The first-order valence-corrected chi connectivity index (χ1v) is 34.2. The van der Waals surface area contributed by atoms with Gasteiger partial charge in [0.15, 0.2) is 0 Å². The summed E-state index contributed by atoms with van der Waals surface area (Å²) in [6.07, 6.45) is 8.12. The average Bonchev–Trinajstić information content (AvgIpc) is 1.22. The molecule has 1 fully saturated rings. The van der Waals surface area contributed by atoms with E-state index in [2.05, 4.69) is 285 Å².